The van der Waals surface area contributed by atoms with E-state index < -0.39 is 16.6 Å². The molecule has 0 saturated heterocycles. The first-order valence-corrected chi connectivity index (χ1v) is 8.26. The number of nitrogens with zero attached hydrogens (tertiary/aromatic N) is 3. The summed E-state index contributed by atoms with van der Waals surface area (Å²) < 4.78 is 0. The predicted molar refractivity (Wildman–Crippen MR) is 96.7 cm³/mol. The van der Waals surface area contributed by atoms with Crippen molar-refractivity contribution in [1.82, 2.24) is 5.01 Å². The number of rotatable bonds is 4. The molecule has 1 aliphatic rings. The Hall–Kier alpha value is -2.77. The largest absolute Gasteiger partial charge is 0.365 e. The minimum absolute atomic E-state index is 0.0370. The Balaban J connectivity index is 1.84. The van der Waals surface area contributed by atoms with Crippen LogP contribution in [0.3, 0.4) is 0 Å². The van der Waals surface area contributed by atoms with Crippen LogP contribution in [-0.2, 0) is 16.9 Å². The topological polar surface area (TPSA) is 96.0 Å². The Morgan fingerprint density at radius 1 is 1.27 bits per heavy atom. The molecule has 0 spiro atoms. The maximum absolute atomic E-state index is 12.7. The van der Waals surface area contributed by atoms with Crippen molar-refractivity contribution in [3.8, 4) is 0 Å². The van der Waals surface area contributed by atoms with Gasteiger partial charge in [-0.25, -0.2) is 0 Å². The molecule has 1 atom stereocenters. The SMILES string of the molecule is CC1=NN(C(=O)Cc2ccc([N+](=O)[O-])cc2)C(O)(c2ccc(Cl)cc2)C1. The summed E-state index contributed by atoms with van der Waals surface area (Å²) in [7, 11) is 0. The van der Waals surface area contributed by atoms with Crippen molar-refractivity contribution in [2.75, 3.05) is 0 Å². The van der Waals surface area contributed by atoms with Gasteiger partial charge in [-0.3, -0.25) is 14.9 Å². The van der Waals surface area contributed by atoms with E-state index in [1.807, 2.05) is 0 Å². The molecule has 0 fully saturated rings. The first kappa shape index (κ1) is 18.0. The van der Waals surface area contributed by atoms with Gasteiger partial charge >= 0.3 is 0 Å². The van der Waals surface area contributed by atoms with Gasteiger partial charge in [0.05, 0.1) is 11.3 Å². The molecule has 1 aliphatic heterocycles. The molecule has 0 aliphatic carbocycles. The summed E-state index contributed by atoms with van der Waals surface area (Å²) in [6, 6.07) is 12.3. The third-order valence-electron chi connectivity index (χ3n) is 4.17. The maximum Gasteiger partial charge on any atom is 0.269 e. The second-order valence-corrected chi connectivity index (χ2v) is 6.58. The molecular weight excluding hydrogens is 358 g/mol. The third kappa shape index (κ3) is 3.44. The molecule has 1 heterocycles. The van der Waals surface area contributed by atoms with Gasteiger partial charge in [0.2, 0.25) is 5.91 Å². The number of carbonyl (C=O) groups excluding carboxylic acids is 1. The minimum Gasteiger partial charge on any atom is -0.365 e. The number of hydrogen-bond acceptors (Lipinski definition) is 5. The average molecular weight is 374 g/mol. The van der Waals surface area contributed by atoms with Crippen LogP contribution in [0.25, 0.3) is 0 Å². The van der Waals surface area contributed by atoms with Gasteiger partial charge in [-0.1, -0.05) is 35.9 Å². The van der Waals surface area contributed by atoms with Gasteiger partial charge < -0.3 is 5.11 Å². The zero-order chi connectivity index (χ0) is 18.9. The fourth-order valence-corrected chi connectivity index (χ4v) is 3.03. The van der Waals surface area contributed by atoms with Crippen LogP contribution >= 0.6 is 11.6 Å². The highest BCUT2D eigenvalue weighted by Gasteiger charge is 2.44. The summed E-state index contributed by atoms with van der Waals surface area (Å²) >= 11 is 5.89. The van der Waals surface area contributed by atoms with Crippen molar-refractivity contribution >= 4 is 28.9 Å². The van der Waals surface area contributed by atoms with Crippen LogP contribution in [0.15, 0.2) is 53.6 Å². The van der Waals surface area contributed by atoms with Crippen LogP contribution in [0.1, 0.15) is 24.5 Å². The van der Waals surface area contributed by atoms with Gasteiger partial charge in [-0.15, -0.1) is 0 Å². The van der Waals surface area contributed by atoms with Crippen molar-refractivity contribution in [2.45, 2.75) is 25.5 Å². The van der Waals surface area contributed by atoms with E-state index in [0.29, 0.717) is 21.9 Å². The van der Waals surface area contributed by atoms with Crippen molar-refractivity contribution in [3.63, 3.8) is 0 Å². The lowest BCUT2D eigenvalue weighted by Crippen LogP contribution is -2.44. The van der Waals surface area contributed by atoms with E-state index in [-0.39, 0.29) is 18.5 Å². The Morgan fingerprint density at radius 2 is 1.88 bits per heavy atom. The summed E-state index contributed by atoms with van der Waals surface area (Å²) in [5, 5.41) is 27.6. The molecule has 1 N–H and O–H groups in total. The maximum atomic E-state index is 12.7. The summed E-state index contributed by atoms with van der Waals surface area (Å²) in [5.74, 6) is -0.409. The molecule has 0 aromatic heterocycles. The highest BCUT2D eigenvalue weighted by atomic mass is 35.5. The van der Waals surface area contributed by atoms with E-state index in [4.69, 9.17) is 11.6 Å². The van der Waals surface area contributed by atoms with E-state index in [1.54, 1.807) is 31.2 Å². The number of halogens is 1. The van der Waals surface area contributed by atoms with Crippen LogP contribution in [0.5, 0.6) is 0 Å². The Labute approximate surface area is 154 Å². The lowest BCUT2D eigenvalue weighted by molar-refractivity contribution is -0.384. The summed E-state index contributed by atoms with van der Waals surface area (Å²) in [6.45, 7) is 1.74. The lowest BCUT2D eigenvalue weighted by atomic mass is 9.97. The molecule has 2 aromatic rings. The fourth-order valence-electron chi connectivity index (χ4n) is 2.91. The normalized spacial score (nSPS) is 19.3. The molecule has 0 saturated carbocycles. The molecule has 2 aromatic carbocycles. The first-order chi connectivity index (χ1) is 12.3. The van der Waals surface area contributed by atoms with E-state index >= 15 is 0 Å². The molecule has 134 valence electrons. The van der Waals surface area contributed by atoms with E-state index in [2.05, 4.69) is 5.10 Å². The number of non-ortho nitro benzene ring substituents is 1. The summed E-state index contributed by atoms with van der Waals surface area (Å²) in [6.07, 6.45) is 0.158. The zero-order valence-electron chi connectivity index (χ0n) is 13.9. The van der Waals surface area contributed by atoms with Gasteiger partial charge in [0.1, 0.15) is 0 Å². The predicted octanol–water partition coefficient (Wildman–Crippen LogP) is 3.24. The van der Waals surface area contributed by atoms with Crippen LogP contribution in [0.2, 0.25) is 5.02 Å². The minimum atomic E-state index is -1.58. The number of hydrogen-bond donors (Lipinski definition) is 1. The number of benzene rings is 2. The van der Waals surface area contributed by atoms with Crippen molar-refractivity contribution in [1.29, 1.82) is 0 Å². The number of nitro benzene ring substituents is 1. The van der Waals surface area contributed by atoms with E-state index in [1.165, 1.54) is 24.3 Å². The highest BCUT2D eigenvalue weighted by molar-refractivity contribution is 6.30. The van der Waals surface area contributed by atoms with Crippen molar-refractivity contribution in [2.24, 2.45) is 5.10 Å². The first-order valence-electron chi connectivity index (χ1n) is 7.88. The van der Waals surface area contributed by atoms with Crippen LogP contribution in [-0.4, -0.2) is 26.7 Å². The van der Waals surface area contributed by atoms with Crippen molar-refractivity contribution < 1.29 is 14.8 Å². The van der Waals surface area contributed by atoms with Crippen LogP contribution < -0.4 is 0 Å². The molecular formula is C18H16ClN3O4. The molecule has 8 heteroatoms. The lowest BCUT2D eigenvalue weighted by Gasteiger charge is -2.31. The fraction of sp³-hybridized carbons (Fsp3) is 0.222. The van der Waals surface area contributed by atoms with Gasteiger partial charge in [0.15, 0.2) is 5.72 Å². The average Bonchev–Trinajstić information content (AvgIpc) is 2.91. The molecule has 3 rings (SSSR count). The standard InChI is InChI=1S/C18H16ClN3O4/c1-12-11-18(24,14-4-6-15(19)7-5-14)21(20-12)17(23)10-13-2-8-16(9-3-13)22(25)26/h2-9,24H,10-11H2,1H3. The van der Waals surface area contributed by atoms with Crippen LogP contribution in [0, 0.1) is 10.1 Å². The van der Waals surface area contributed by atoms with E-state index in [0.717, 1.165) is 5.01 Å². The van der Waals surface area contributed by atoms with Gasteiger partial charge in [-0.2, -0.15) is 10.1 Å². The van der Waals surface area contributed by atoms with Crippen molar-refractivity contribution in [3.05, 3.63) is 74.8 Å². The van der Waals surface area contributed by atoms with Gasteiger partial charge in [0, 0.05) is 34.9 Å². The molecule has 1 amide bonds. The van der Waals surface area contributed by atoms with E-state index in [9.17, 15) is 20.0 Å². The Bertz CT molecular complexity index is 880. The smallest absolute Gasteiger partial charge is 0.269 e. The molecule has 7 nitrogen and oxygen atoms in total. The van der Waals surface area contributed by atoms with Gasteiger partial charge in [0.25, 0.3) is 5.69 Å². The molecule has 1 unspecified atom stereocenters. The number of hydrazone groups is 1. The number of nitro groups is 1. The third-order valence-corrected chi connectivity index (χ3v) is 4.42. The number of amides is 1. The van der Waals surface area contributed by atoms with Crippen LogP contribution in [0.4, 0.5) is 5.69 Å². The highest BCUT2D eigenvalue weighted by Crippen LogP contribution is 2.36. The monoisotopic (exact) mass is 373 g/mol. The summed E-state index contributed by atoms with van der Waals surface area (Å²) in [4.78, 5) is 22.9. The molecule has 0 bridgehead atoms. The Kier molecular flexibility index (Phi) is 4.76. The number of aliphatic hydroxyl groups is 1. The Morgan fingerprint density at radius 3 is 2.46 bits per heavy atom. The molecule has 26 heavy (non-hydrogen) atoms. The number of carbonyl (C=O) groups is 1. The van der Waals surface area contributed by atoms with Gasteiger partial charge in [-0.05, 0) is 24.6 Å². The second kappa shape index (κ2) is 6.86. The quantitative estimate of drug-likeness (QED) is 0.657. The second-order valence-electron chi connectivity index (χ2n) is 6.14. The molecule has 0 radical (unpaired) electrons. The zero-order valence-corrected chi connectivity index (χ0v) is 14.7. The summed E-state index contributed by atoms with van der Waals surface area (Å²) in [5.41, 5.74) is 0.110.